The van der Waals surface area contributed by atoms with Gasteiger partial charge < -0.3 is 19.5 Å². The molecule has 1 aliphatic heterocycles. The highest BCUT2D eigenvalue weighted by molar-refractivity contribution is 7.90. The molecular formula is C24H21FN6O7S. The Balaban J connectivity index is 1.26. The van der Waals surface area contributed by atoms with Gasteiger partial charge in [-0.2, -0.15) is 0 Å². The van der Waals surface area contributed by atoms with E-state index in [4.69, 9.17) is 9.26 Å². The highest BCUT2D eigenvalue weighted by Crippen LogP contribution is 2.34. The largest absolute Gasteiger partial charge is 0.415 e. The summed E-state index contributed by atoms with van der Waals surface area (Å²) in [6.45, 7) is 0.748. The summed E-state index contributed by atoms with van der Waals surface area (Å²) in [5.41, 5.74) is 1.12. The van der Waals surface area contributed by atoms with Crippen LogP contribution in [0.5, 0.6) is 5.75 Å². The van der Waals surface area contributed by atoms with E-state index in [1.165, 1.54) is 47.6 Å². The molecule has 0 aliphatic carbocycles. The fourth-order valence-electron chi connectivity index (χ4n) is 4.23. The van der Waals surface area contributed by atoms with Crippen molar-refractivity contribution in [3.05, 3.63) is 70.4 Å². The number of sulfone groups is 1. The first-order valence-corrected chi connectivity index (χ1v) is 13.6. The summed E-state index contributed by atoms with van der Waals surface area (Å²) in [6, 6.07) is 8.74. The molecule has 1 aliphatic rings. The van der Waals surface area contributed by atoms with Crippen LogP contribution in [-0.4, -0.2) is 58.8 Å². The van der Waals surface area contributed by atoms with Crippen molar-refractivity contribution in [2.75, 3.05) is 24.7 Å². The molecule has 0 bridgehead atoms. The molecule has 39 heavy (non-hydrogen) atoms. The van der Waals surface area contributed by atoms with E-state index in [9.17, 15) is 27.7 Å². The van der Waals surface area contributed by atoms with Crippen molar-refractivity contribution in [3.8, 4) is 5.75 Å². The van der Waals surface area contributed by atoms with E-state index in [2.05, 4.69) is 20.4 Å². The Hall–Kier alpha value is -4.66. The number of amides is 1. The third kappa shape index (κ3) is 5.47. The number of halogens is 1. The summed E-state index contributed by atoms with van der Waals surface area (Å²) >= 11 is 0. The molecule has 0 spiro atoms. The fourth-order valence-corrected chi connectivity index (χ4v) is 4.86. The van der Waals surface area contributed by atoms with E-state index in [1.54, 1.807) is 0 Å². The summed E-state index contributed by atoms with van der Waals surface area (Å²) in [5, 5.41) is 17.8. The number of piperidine rings is 1. The first-order valence-electron chi connectivity index (χ1n) is 11.7. The van der Waals surface area contributed by atoms with Crippen molar-refractivity contribution in [2.45, 2.75) is 23.7 Å². The molecule has 5 rings (SSSR count). The van der Waals surface area contributed by atoms with Gasteiger partial charge in [0.05, 0.1) is 15.5 Å². The number of rotatable bonds is 6. The lowest BCUT2D eigenvalue weighted by molar-refractivity contribution is -0.384. The van der Waals surface area contributed by atoms with E-state index in [1.807, 2.05) is 0 Å². The summed E-state index contributed by atoms with van der Waals surface area (Å²) in [5.74, 6) is -0.496. The van der Waals surface area contributed by atoms with Gasteiger partial charge in [0, 0.05) is 37.4 Å². The van der Waals surface area contributed by atoms with Crippen LogP contribution in [0.15, 0.2) is 58.2 Å². The second-order valence-electron chi connectivity index (χ2n) is 8.89. The maximum Gasteiger partial charge on any atom is 0.415 e. The van der Waals surface area contributed by atoms with Crippen LogP contribution >= 0.6 is 0 Å². The molecule has 3 heterocycles. The number of ether oxygens (including phenoxy) is 1. The second kappa shape index (κ2) is 10.2. The number of fused-ring (bicyclic) bond motifs is 1. The molecule has 4 aromatic rings. The van der Waals surface area contributed by atoms with Crippen LogP contribution in [0.25, 0.3) is 11.1 Å². The zero-order chi connectivity index (χ0) is 27.7. The predicted octanol–water partition coefficient (Wildman–Crippen LogP) is 4.19. The Morgan fingerprint density at radius 2 is 1.90 bits per heavy atom. The van der Waals surface area contributed by atoms with Crippen molar-refractivity contribution in [2.24, 2.45) is 0 Å². The standard InChI is InChI=1S/C24H21FN6O7S/c1-39(35,36)17-6-7-19(18(25)12-17)28-23-22-21(26-13-27-23)20(29-38-22)14-8-10-30(11-9-14)24(32)37-16-4-2-15(3-5-16)31(33)34/h2-7,12-14H,8-11H2,1H3,(H,26,27,28). The molecule has 0 radical (unpaired) electrons. The number of hydrogen-bond donors (Lipinski definition) is 1. The van der Waals surface area contributed by atoms with Gasteiger partial charge in [-0.25, -0.2) is 27.6 Å². The first-order chi connectivity index (χ1) is 18.6. The molecule has 202 valence electrons. The van der Waals surface area contributed by atoms with E-state index >= 15 is 0 Å². The Labute approximate surface area is 220 Å². The molecule has 13 nitrogen and oxygen atoms in total. The van der Waals surface area contributed by atoms with Crippen LogP contribution in [0.4, 0.5) is 26.4 Å². The molecule has 15 heteroatoms. The van der Waals surface area contributed by atoms with E-state index in [-0.39, 0.29) is 39.3 Å². The molecule has 2 aromatic carbocycles. The van der Waals surface area contributed by atoms with Crippen molar-refractivity contribution < 1.29 is 31.8 Å². The van der Waals surface area contributed by atoms with E-state index in [0.717, 1.165) is 12.3 Å². The summed E-state index contributed by atoms with van der Waals surface area (Å²) in [7, 11) is -3.57. The number of anilines is 2. The second-order valence-corrected chi connectivity index (χ2v) is 10.9. The predicted molar refractivity (Wildman–Crippen MR) is 135 cm³/mol. The maximum absolute atomic E-state index is 14.6. The number of carbonyl (C=O) groups excluding carboxylic acids is 1. The smallest absolute Gasteiger partial charge is 0.410 e. The van der Waals surface area contributed by atoms with Crippen molar-refractivity contribution in [3.63, 3.8) is 0 Å². The lowest BCUT2D eigenvalue weighted by Gasteiger charge is -2.30. The van der Waals surface area contributed by atoms with E-state index in [0.29, 0.717) is 37.1 Å². The summed E-state index contributed by atoms with van der Waals surface area (Å²) < 4.78 is 48.7. The maximum atomic E-state index is 14.6. The van der Waals surface area contributed by atoms with Crippen LogP contribution in [-0.2, 0) is 9.84 Å². The van der Waals surface area contributed by atoms with Crippen LogP contribution in [0, 0.1) is 15.9 Å². The molecule has 0 saturated carbocycles. The lowest BCUT2D eigenvalue weighted by Crippen LogP contribution is -2.39. The Bertz CT molecular complexity index is 1670. The topological polar surface area (TPSA) is 171 Å². The Kier molecular flexibility index (Phi) is 6.82. The van der Waals surface area contributed by atoms with Crippen LogP contribution < -0.4 is 10.1 Å². The van der Waals surface area contributed by atoms with Crippen LogP contribution in [0.2, 0.25) is 0 Å². The van der Waals surface area contributed by atoms with Gasteiger partial charge in [0.1, 0.15) is 29.1 Å². The SMILES string of the molecule is CS(=O)(=O)c1ccc(Nc2ncnc3c(C4CCN(C(=O)Oc5ccc([N+](=O)[O-])cc5)CC4)noc23)c(F)c1. The third-order valence-corrected chi connectivity index (χ3v) is 7.41. The third-order valence-electron chi connectivity index (χ3n) is 6.30. The number of nitrogens with one attached hydrogen (secondary N) is 1. The number of carbonyl (C=O) groups is 1. The van der Waals surface area contributed by atoms with Gasteiger partial charge in [-0.05, 0) is 43.2 Å². The highest BCUT2D eigenvalue weighted by Gasteiger charge is 2.29. The number of nitro groups is 1. The Morgan fingerprint density at radius 1 is 1.18 bits per heavy atom. The minimum Gasteiger partial charge on any atom is -0.410 e. The highest BCUT2D eigenvalue weighted by atomic mass is 32.2. The normalized spacial score (nSPS) is 14.4. The number of nitrogens with zero attached hydrogens (tertiary/aromatic N) is 5. The minimum absolute atomic E-state index is 0.000177. The van der Waals surface area contributed by atoms with Crippen molar-refractivity contribution in [1.29, 1.82) is 0 Å². The van der Waals surface area contributed by atoms with Crippen molar-refractivity contribution in [1.82, 2.24) is 20.0 Å². The lowest BCUT2D eigenvalue weighted by atomic mass is 9.93. The zero-order valence-electron chi connectivity index (χ0n) is 20.4. The average molecular weight is 557 g/mol. The number of aromatic nitrogens is 3. The molecule has 1 fully saturated rings. The summed E-state index contributed by atoms with van der Waals surface area (Å²) in [4.78, 5) is 32.6. The molecule has 1 N–H and O–H groups in total. The minimum atomic E-state index is -3.57. The number of nitro benzene ring substituents is 1. The summed E-state index contributed by atoms with van der Waals surface area (Å²) in [6.07, 6.45) is 2.80. The molecular weight excluding hydrogens is 535 g/mol. The number of benzene rings is 2. The quantitative estimate of drug-likeness (QED) is 0.267. The molecule has 1 saturated heterocycles. The number of likely N-dealkylation sites (tertiary alicyclic amines) is 1. The average Bonchev–Trinajstić information content (AvgIpc) is 3.35. The zero-order valence-corrected chi connectivity index (χ0v) is 21.2. The van der Waals surface area contributed by atoms with Crippen LogP contribution in [0.3, 0.4) is 0 Å². The van der Waals surface area contributed by atoms with Gasteiger partial charge in [-0.3, -0.25) is 10.1 Å². The first kappa shape index (κ1) is 26.0. The number of non-ortho nitro benzene ring substituents is 1. The molecule has 0 unspecified atom stereocenters. The van der Waals surface area contributed by atoms with Gasteiger partial charge in [0.25, 0.3) is 5.69 Å². The fraction of sp³-hybridized carbons (Fsp3) is 0.250. The molecule has 1 amide bonds. The van der Waals surface area contributed by atoms with Gasteiger partial charge in [0.2, 0.25) is 5.58 Å². The van der Waals surface area contributed by atoms with Crippen molar-refractivity contribution >= 4 is 44.2 Å². The van der Waals surface area contributed by atoms with Gasteiger partial charge in [-0.1, -0.05) is 5.16 Å². The molecule has 2 aromatic heterocycles. The van der Waals surface area contributed by atoms with Gasteiger partial charge in [0.15, 0.2) is 15.7 Å². The molecule has 0 atom stereocenters. The van der Waals surface area contributed by atoms with Gasteiger partial charge in [-0.15, -0.1) is 0 Å². The van der Waals surface area contributed by atoms with E-state index < -0.39 is 26.7 Å². The Morgan fingerprint density at radius 3 is 2.54 bits per heavy atom. The van der Waals surface area contributed by atoms with Crippen LogP contribution in [0.1, 0.15) is 24.5 Å². The number of hydrogen-bond acceptors (Lipinski definition) is 11. The van der Waals surface area contributed by atoms with Gasteiger partial charge >= 0.3 is 6.09 Å². The monoisotopic (exact) mass is 556 g/mol.